The van der Waals surface area contributed by atoms with Crippen molar-refractivity contribution >= 4 is 34.5 Å². The third-order valence-corrected chi connectivity index (χ3v) is 2.91. The second-order valence-corrected chi connectivity index (χ2v) is 3.94. The second-order valence-electron chi connectivity index (χ2n) is 3.94. The van der Waals surface area contributed by atoms with Crippen LogP contribution in [0.5, 0.6) is 0 Å². The van der Waals surface area contributed by atoms with Gasteiger partial charge in [0.2, 0.25) is 0 Å². The van der Waals surface area contributed by atoms with Gasteiger partial charge in [0.05, 0.1) is 0 Å². The largest absolute Gasteiger partial charge is 0.490 e. The van der Waals surface area contributed by atoms with Crippen molar-refractivity contribution in [3.63, 3.8) is 0 Å². The molecule has 0 atom stereocenters. The Morgan fingerprint density at radius 2 is 1.82 bits per heavy atom. The van der Waals surface area contributed by atoms with Gasteiger partial charge in [0.1, 0.15) is 11.2 Å². The lowest BCUT2D eigenvalue weighted by Crippen LogP contribution is -2.31. The fraction of sp³-hybridized carbons (Fsp3) is 0.0769. The van der Waals surface area contributed by atoms with E-state index < -0.39 is 7.12 Å². The lowest BCUT2D eigenvalue weighted by atomic mass is 9.79. The first kappa shape index (κ1) is 10.4. The molecule has 0 saturated heterocycles. The minimum absolute atomic E-state index is 0.728. The number of rotatable bonds is 2. The van der Waals surface area contributed by atoms with Crippen molar-refractivity contribution in [3.8, 4) is 0 Å². The van der Waals surface area contributed by atoms with Crippen molar-refractivity contribution in [2.24, 2.45) is 0 Å². The van der Waals surface area contributed by atoms with Gasteiger partial charge in [-0.3, -0.25) is 0 Å². The highest BCUT2D eigenvalue weighted by molar-refractivity contribution is 6.60. The molecule has 4 heteroatoms. The molecule has 0 saturated carbocycles. The van der Waals surface area contributed by atoms with Crippen molar-refractivity contribution in [1.29, 1.82) is 0 Å². The zero-order valence-corrected chi connectivity index (χ0v) is 9.38. The van der Waals surface area contributed by atoms with Crippen LogP contribution in [0.15, 0.2) is 46.9 Å². The van der Waals surface area contributed by atoms with Crippen LogP contribution in [0.25, 0.3) is 21.9 Å². The summed E-state index contributed by atoms with van der Waals surface area (Å²) in [5.74, 6) is 0. The highest BCUT2D eigenvalue weighted by Gasteiger charge is 2.16. The van der Waals surface area contributed by atoms with Crippen LogP contribution in [0.3, 0.4) is 0 Å². The van der Waals surface area contributed by atoms with Gasteiger partial charge in [-0.25, -0.2) is 0 Å². The highest BCUT2D eigenvalue weighted by Crippen LogP contribution is 2.27. The molecule has 0 unspecified atom stereocenters. The molecule has 0 amide bonds. The van der Waals surface area contributed by atoms with Crippen LogP contribution in [0.1, 0.15) is 0 Å². The van der Waals surface area contributed by atoms with Gasteiger partial charge in [-0.2, -0.15) is 0 Å². The van der Waals surface area contributed by atoms with E-state index >= 15 is 0 Å². The summed E-state index contributed by atoms with van der Waals surface area (Å²) in [6.45, 7) is 0. The van der Waals surface area contributed by atoms with E-state index in [1.54, 1.807) is 6.07 Å². The zero-order chi connectivity index (χ0) is 11.8. The summed E-state index contributed by atoms with van der Waals surface area (Å²) in [6.07, 6.45) is 0. The standard InChI is InChI=1S/C13H11BO3/c1-16-14(15)9-6-7-13-11(8-9)10-4-2-3-5-12(10)17-13/h2-8,15H,1H3. The molecule has 0 aliphatic carbocycles. The first-order valence-electron chi connectivity index (χ1n) is 5.41. The number of para-hydroxylation sites is 1. The Kier molecular flexibility index (Phi) is 2.39. The molecule has 2 aromatic carbocycles. The molecular formula is C13H11BO3. The second kappa shape index (κ2) is 3.91. The molecule has 0 aliphatic heterocycles. The smallest absolute Gasteiger partial charge is 0.456 e. The van der Waals surface area contributed by atoms with Gasteiger partial charge < -0.3 is 14.1 Å². The number of fused-ring (bicyclic) bond motifs is 3. The van der Waals surface area contributed by atoms with Crippen molar-refractivity contribution in [3.05, 3.63) is 42.5 Å². The lowest BCUT2D eigenvalue weighted by Gasteiger charge is -2.02. The van der Waals surface area contributed by atoms with Gasteiger partial charge in [-0.1, -0.05) is 30.3 Å². The van der Waals surface area contributed by atoms with Gasteiger partial charge in [0, 0.05) is 17.9 Å². The molecule has 0 bridgehead atoms. The van der Waals surface area contributed by atoms with Crippen LogP contribution in [0.4, 0.5) is 0 Å². The predicted octanol–water partition coefficient (Wildman–Crippen LogP) is 1.92. The van der Waals surface area contributed by atoms with Gasteiger partial charge in [0.15, 0.2) is 0 Å². The molecule has 0 fully saturated rings. The zero-order valence-electron chi connectivity index (χ0n) is 9.38. The van der Waals surface area contributed by atoms with Crippen molar-refractivity contribution in [2.45, 2.75) is 0 Å². The van der Waals surface area contributed by atoms with Gasteiger partial charge in [0.25, 0.3) is 0 Å². The molecule has 1 N–H and O–H groups in total. The van der Waals surface area contributed by atoms with Crippen molar-refractivity contribution in [2.75, 3.05) is 7.11 Å². The molecule has 0 aliphatic rings. The Bertz CT molecular complexity index is 675. The van der Waals surface area contributed by atoms with Crippen molar-refractivity contribution < 1.29 is 14.1 Å². The van der Waals surface area contributed by atoms with Crippen LogP contribution in [-0.4, -0.2) is 19.3 Å². The number of furan rings is 1. The number of hydrogen-bond acceptors (Lipinski definition) is 3. The third kappa shape index (κ3) is 1.62. The van der Waals surface area contributed by atoms with E-state index in [4.69, 9.17) is 9.07 Å². The molecule has 0 radical (unpaired) electrons. The van der Waals surface area contributed by atoms with Crippen LogP contribution in [-0.2, 0) is 4.65 Å². The summed E-state index contributed by atoms with van der Waals surface area (Å²) in [5.41, 5.74) is 2.40. The topological polar surface area (TPSA) is 42.6 Å². The Hall–Kier alpha value is -1.78. The molecule has 0 spiro atoms. The minimum atomic E-state index is -0.895. The highest BCUT2D eigenvalue weighted by atomic mass is 16.5. The van der Waals surface area contributed by atoms with E-state index in [9.17, 15) is 5.02 Å². The first-order valence-corrected chi connectivity index (χ1v) is 5.41. The average molecular weight is 226 g/mol. The van der Waals surface area contributed by atoms with Crippen LogP contribution in [0.2, 0.25) is 0 Å². The Morgan fingerprint density at radius 1 is 1.06 bits per heavy atom. The van der Waals surface area contributed by atoms with E-state index in [1.165, 1.54) is 7.11 Å². The quantitative estimate of drug-likeness (QED) is 0.678. The maximum absolute atomic E-state index is 9.65. The van der Waals surface area contributed by atoms with E-state index in [1.807, 2.05) is 36.4 Å². The molecule has 1 heterocycles. The predicted molar refractivity (Wildman–Crippen MR) is 68.3 cm³/mol. The molecular weight excluding hydrogens is 215 g/mol. The molecule has 17 heavy (non-hydrogen) atoms. The van der Waals surface area contributed by atoms with E-state index in [2.05, 4.69) is 0 Å². The van der Waals surface area contributed by atoms with Crippen molar-refractivity contribution in [1.82, 2.24) is 0 Å². The normalized spacial score (nSPS) is 11.2. The molecule has 3 nitrogen and oxygen atoms in total. The maximum Gasteiger partial charge on any atom is 0.490 e. The SMILES string of the molecule is COB(O)c1ccc2oc3ccccc3c2c1. The molecule has 3 rings (SSSR count). The summed E-state index contributed by atoms with van der Waals surface area (Å²) in [5, 5.41) is 11.7. The third-order valence-electron chi connectivity index (χ3n) is 2.91. The first-order chi connectivity index (χ1) is 8.29. The van der Waals surface area contributed by atoms with Crippen LogP contribution >= 0.6 is 0 Å². The summed E-state index contributed by atoms with van der Waals surface area (Å²) >= 11 is 0. The molecule has 3 aromatic rings. The Balaban J connectivity index is 2.30. The summed E-state index contributed by atoms with van der Waals surface area (Å²) in [6, 6.07) is 13.4. The number of hydrogen-bond donors (Lipinski definition) is 1. The summed E-state index contributed by atoms with van der Waals surface area (Å²) < 4.78 is 10.6. The minimum Gasteiger partial charge on any atom is -0.456 e. The Morgan fingerprint density at radius 3 is 2.65 bits per heavy atom. The van der Waals surface area contributed by atoms with Gasteiger partial charge in [-0.05, 0) is 17.6 Å². The molecule has 1 aromatic heterocycles. The van der Waals surface area contributed by atoms with Gasteiger partial charge in [-0.15, -0.1) is 0 Å². The van der Waals surface area contributed by atoms with E-state index in [-0.39, 0.29) is 0 Å². The lowest BCUT2D eigenvalue weighted by molar-refractivity contribution is 0.341. The monoisotopic (exact) mass is 226 g/mol. The van der Waals surface area contributed by atoms with Crippen LogP contribution < -0.4 is 5.46 Å². The number of benzene rings is 2. The van der Waals surface area contributed by atoms with Gasteiger partial charge >= 0.3 is 7.12 Å². The maximum atomic E-state index is 9.65. The van der Waals surface area contributed by atoms with E-state index in [0.29, 0.717) is 0 Å². The van der Waals surface area contributed by atoms with E-state index in [0.717, 1.165) is 27.4 Å². The summed E-state index contributed by atoms with van der Waals surface area (Å²) in [7, 11) is 0.579. The fourth-order valence-electron chi connectivity index (χ4n) is 2.03. The molecule has 84 valence electrons. The summed E-state index contributed by atoms with van der Waals surface area (Å²) in [4.78, 5) is 0. The Labute approximate surface area is 98.8 Å². The van der Waals surface area contributed by atoms with Crippen LogP contribution in [0, 0.1) is 0 Å². The average Bonchev–Trinajstić information content (AvgIpc) is 2.75. The fourth-order valence-corrected chi connectivity index (χ4v) is 2.03.